The molecule has 8 heteroatoms. The SMILES string of the molecule is O=C(O)c1ccccc1C1=NN(c2ccccc2)N(c2ccccc2C(=O)O)N1. The summed E-state index contributed by atoms with van der Waals surface area (Å²) in [6, 6.07) is 22.1. The number of carboxylic acid groups (broad SMARTS) is 2. The van der Waals surface area contributed by atoms with Crippen LogP contribution in [0.15, 0.2) is 84.0 Å². The van der Waals surface area contributed by atoms with Crippen molar-refractivity contribution < 1.29 is 19.8 Å². The number of carbonyl (C=O) groups is 2. The molecule has 0 radical (unpaired) electrons. The van der Waals surface area contributed by atoms with E-state index in [0.29, 0.717) is 16.9 Å². The summed E-state index contributed by atoms with van der Waals surface area (Å²) in [7, 11) is 0. The van der Waals surface area contributed by atoms with Gasteiger partial charge in [-0.15, -0.1) is 5.10 Å². The third-order valence-electron chi connectivity index (χ3n) is 4.36. The Kier molecular flexibility index (Phi) is 4.58. The number of carboxylic acids is 2. The zero-order valence-electron chi connectivity index (χ0n) is 15.1. The molecule has 8 nitrogen and oxygen atoms in total. The summed E-state index contributed by atoms with van der Waals surface area (Å²) in [5.41, 5.74) is 4.61. The molecule has 144 valence electrons. The Hall–Kier alpha value is -4.33. The van der Waals surface area contributed by atoms with E-state index in [0.717, 1.165) is 0 Å². The van der Waals surface area contributed by atoms with Crippen molar-refractivity contribution in [3.05, 3.63) is 95.6 Å². The fourth-order valence-electron chi connectivity index (χ4n) is 3.04. The number of aromatic carboxylic acids is 2. The highest BCUT2D eigenvalue weighted by molar-refractivity contribution is 6.09. The maximum absolute atomic E-state index is 11.7. The minimum absolute atomic E-state index is 0.0731. The van der Waals surface area contributed by atoms with Crippen LogP contribution in [-0.2, 0) is 0 Å². The van der Waals surface area contributed by atoms with Crippen LogP contribution in [0, 0.1) is 0 Å². The van der Waals surface area contributed by atoms with Gasteiger partial charge in [0.1, 0.15) is 0 Å². The van der Waals surface area contributed by atoms with Crippen LogP contribution in [0.25, 0.3) is 0 Å². The van der Waals surface area contributed by atoms with Gasteiger partial charge in [0.2, 0.25) is 0 Å². The minimum atomic E-state index is -1.09. The van der Waals surface area contributed by atoms with Gasteiger partial charge in [0.15, 0.2) is 5.84 Å². The highest BCUT2D eigenvalue weighted by atomic mass is 16.4. The minimum Gasteiger partial charge on any atom is -0.478 e. The molecule has 0 aromatic heterocycles. The lowest BCUT2D eigenvalue weighted by atomic mass is 10.1. The molecule has 1 heterocycles. The van der Waals surface area contributed by atoms with Crippen molar-refractivity contribution in [3.8, 4) is 0 Å². The third-order valence-corrected chi connectivity index (χ3v) is 4.36. The summed E-state index contributed by atoms with van der Waals surface area (Å²) in [6.45, 7) is 0. The van der Waals surface area contributed by atoms with Crippen molar-refractivity contribution in [3.63, 3.8) is 0 Å². The Morgan fingerprint density at radius 1 is 0.759 bits per heavy atom. The molecule has 0 saturated carbocycles. The smallest absolute Gasteiger partial charge is 0.337 e. The van der Waals surface area contributed by atoms with Crippen LogP contribution in [0.2, 0.25) is 0 Å². The van der Waals surface area contributed by atoms with E-state index in [9.17, 15) is 19.8 Å². The third kappa shape index (κ3) is 3.34. The lowest BCUT2D eigenvalue weighted by Gasteiger charge is -2.28. The van der Waals surface area contributed by atoms with Crippen molar-refractivity contribution in [1.82, 2.24) is 5.43 Å². The zero-order chi connectivity index (χ0) is 20.4. The van der Waals surface area contributed by atoms with Gasteiger partial charge in [0.25, 0.3) is 0 Å². The quantitative estimate of drug-likeness (QED) is 0.616. The number of hydrogen-bond acceptors (Lipinski definition) is 6. The highest BCUT2D eigenvalue weighted by Crippen LogP contribution is 2.28. The number of nitrogens with one attached hydrogen (secondary N) is 1. The van der Waals surface area contributed by atoms with Crippen molar-refractivity contribution >= 4 is 29.1 Å². The predicted octanol–water partition coefficient (Wildman–Crippen LogP) is 3.19. The monoisotopic (exact) mass is 388 g/mol. The van der Waals surface area contributed by atoms with Crippen LogP contribution in [0.3, 0.4) is 0 Å². The average molecular weight is 388 g/mol. The lowest BCUT2D eigenvalue weighted by molar-refractivity contribution is 0.0686. The lowest BCUT2D eigenvalue weighted by Crippen LogP contribution is -2.45. The van der Waals surface area contributed by atoms with E-state index >= 15 is 0 Å². The molecular formula is C21H16N4O4. The standard InChI is InChI=1S/C21H16N4O4/c26-20(27)16-11-5-4-10-15(16)19-22-24(14-8-2-1-3-9-14)25(23-19)18-13-7-6-12-17(18)21(28)29/h1-13H,(H,22,23)(H,26,27)(H,28,29). The molecule has 0 unspecified atom stereocenters. The highest BCUT2D eigenvalue weighted by Gasteiger charge is 2.30. The van der Waals surface area contributed by atoms with E-state index in [2.05, 4.69) is 10.5 Å². The van der Waals surface area contributed by atoms with E-state index in [1.165, 1.54) is 22.4 Å². The fourth-order valence-corrected chi connectivity index (χ4v) is 3.04. The topological polar surface area (TPSA) is 105 Å². The van der Waals surface area contributed by atoms with Crippen LogP contribution < -0.4 is 15.7 Å². The second-order valence-electron chi connectivity index (χ2n) is 6.17. The summed E-state index contributed by atoms with van der Waals surface area (Å²) >= 11 is 0. The van der Waals surface area contributed by atoms with Crippen molar-refractivity contribution in [2.75, 3.05) is 10.2 Å². The average Bonchev–Trinajstić information content (AvgIpc) is 3.19. The molecule has 3 aromatic carbocycles. The Morgan fingerprint density at radius 3 is 2.03 bits per heavy atom. The summed E-state index contributed by atoms with van der Waals surface area (Å²) < 4.78 is 0. The number of hydrazine groups is 2. The van der Waals surface area contributed by atoms with Gasteiger partial charge in [-0.2, -0.15) is 10.2 Å². The molecule has 1 aliphatic heterocycles. The number of hydrazone groups is 1. The molecule has 0 amide bonds. The Bertz CT molecular complexity index is 1110. The number of nitrogens with zero attached hydrogens (tertiary/aromatic N) is 3. The van der Waals surface area contributed by atoms with Crippen LogP contribution in [0.4, 0.5) is 11.4 Å². The number of hydrogen-bond donors (Lipinski definition) is 3. The first-order valence-electron chi connectivity index (χ1n) is 8.72. The largest absolute Gasteiger partial charge is 0.478 e. The molecule has 3 N–H and O–H groups in total. The van der Waals surface area contributed by atoms with Gasteiger partial charge >= 0.3 is 11.9 Å². The molecular weight excluding hydrogens is 372 g/mol. The number of benzene rings is 3. The maximum atomic E-state index is 11.7. The molecule has 29 heavy (non-hydrogen) atoms. The van der Waals surface area contributed by atoms with Gasteiger partial charge in [-0.25, -0.2) is 9.59 Å². The fraction of sp³-hybridized carbons (Fsp3) is 0. The number of para-hydroxylation sites is 2. The molecule has 0 aliphatic carbocycles. The van der Waals surface area contributed by atoms with Gasteiger partial charge in [0, 0.05) is 5.56 Å². The zero-order valence-corrected chi connectivity index (χ0v) is 15.1. The predicted molar refractivity (Wildman–Crippen MR) is 108 cm³/mol. The van der Waals surface area contributed by atoms with Gasteiger partial charge in [-0.05, 0) is 30.3 Å². The first kappa shape index (κ1) is 18.1. The number of rotatable bonds is 5. The summed E-state index contributed by atoms with van der Waals surface area (Å²) in [6.07, 6.45) is 0. The van der Waals surface area contributed by atoms with Gasteiger partial charge in [0.05, 0.1) is 22.5 Å². The van der Waals surface area contributed by atoms with Gasteiger partial charge < -0.3 is 10.2 Å². The first-order valence-corrected chi connectivity index (χ1v) is 8.72. The van der Waals surface area contributed by atoms with E-state index in [1.807, 2.05) is 30.3 Å². The van der Waals surface area contributed by atoms with Crippen LogP contribution in [-0.4, -0.2) is 28.0 Å². The van der Waals surface area contributed by atoms with E-state index in [4.69, 9.17) is 0 Å². The molecule has 0 fully saturated rings. The van der Waals surface area contributed by atoms with Crippen molar-refractivity contribution in [2.45, 2.75) is 0 Å². The molecule has 0 spiro atoms. The van der Waals surface area contributed by atoms with Crippen molar-refractivity contribution in [2.24, 2.45) is 5.10 Å². The Labute approximate surface area is 165 Å². The van der Waals surface area contributed by atoms with E-state index in [-0.39, 0.29) is 17.0 Å². The molecule has 0 bridgehead atoms. The first-order chi connectivity index (χ1) is 14.1. The molecule has 0 atom stereocenters. The summed E-state index contributed by atoms with van der Waals surface area (Å²) in [4.78, 5) is 23.4. The van der Waals surface area contributed by atoms with Gasteiger partial charge in [-0.1, -0.05) is 48.5 Å². The molecule has 1 aliphatic rings. The van der Waals surface area contributed by atoms with E-state index < -0.39 is 11.9 Å². The van der Waals surface area contributed by atoms with Crippen molar-refractivity contribution in [1.29, 1.82) is 0 Å². The Balaban J connectivity index is 1.84. The maximum Gasteiger partial charge on any atom is 0.337 e. The molecule has 3 aromatic rings. The molecule has 0 saturated heterocycles. The van der Waals surface area contributed by atoms with Crippen LogP contribution >= 0.6 is 0 Å². The van der Waals surface area contributed by atoms with E-state index in [1.54, 1.807) is 36.4 Å². The van der Waals surface area contributed by atoms with Crippen LogP contribution in [0.1, 0.15) is 26.3 Å². The second kappa shape index (κ2) is 7.35. The Morgan fingerprint density at radius 2 is 1.34 bits per heavy atom. The van der Waals surface area contributed by atoms with Gasteiger partial charge in [-0.3, -0.25) is 5.43 Å². The summed E-state index contributed by atoms with van der Waals surface area (Å²) in [5, 5.41) is 26.6. The van der Waals surface area contributed by atoms with Crippen LogP contribution in [0.5, 0.6) is 0 Å². The second-order valence-corrected chi connectivity index (χ2v) is 6.17. The number of anilines is 2. The number of amidine groups is 1. The normalized spacial score (nSPS) is 13.0. The molecule has 4 rings (SSSR count). The summed E-state index contributed by atoms with van der Waals surface area (Å²) in [5.74, 6) is -1.89.